The van der Waals surface area contributed by atoms with Crippen LogP contribution in [0.4, 0.5) is 0 Å². The highest BCUT2D eigenvalue weighted by Crippen LogP contribution is 2.23. The van der Waals surface area contributed by atoms with E-state index >= 15 is 0 Å². The zero-order valence-electron chi connectivity index (χ0n) is 13.5. The maximum atomic E-state index is 5.32. The van der Waals surface area contributed by atoms with Gasteiger partial charge < -0.3 is 14.3 Å². The monoisotopic (exact) mass is 300 g/mol. The first-order chi connectivity index (χ1) is 10.7. The van der Waals surface area contributed by atoms with Crippen LogP contribution in [0.25, 0.3) is 11.5 Å². The fourth-order valence-corrected chi connectivity index (χ4v) is 2.92. The summed E-state index contributed by atoms with van der Waals surface area (Å²) in [6, 6.07) is 8.34. The molecule has 0 spiro atoms. The van der Waals surface area contributed by atoms with Crippen molar-refractivity contribution >= 4 is 0 Å². The lowest BCUT2D eigenvalue weighted by atomic mass is 10.0. The summed E-state index contributed by atoms with van der Waals surface area (Å²) in [5.74, 6) is 1.31. The smallest absolute Gasteiger partial charge is 0.258 e. The second-order valence-corrected chi connectivity index (χ2v) is 6.05. The van der Waals surface area contributed by atoms with Crippen molar-refractivity contribution in [3.05, 3.63) is 35.7 Å². The Kier molecular flexibility index (Phi) is 4.85. The third-order valence-electron chi connectivity index (χ3n) is 4.29. The van der Waals surface area contributed by atoms with Gasteiger partial charge >= 0.3 is 0 Å². The Bertz CT molecular complexity index is 602. The highest BCUT2D eigenvalue weighted by molar-refractivity contribution is 5.58. The van der Waals surface area contributed by atoms with Gasteiger partial charge in [0.15, 0.2) is 5.82 Å². The van der Waals surface area contributed by atoms with E-state index in [1.165, 1.54) is 31.7 Å². The number of hydrogen-bond acceptors (Lipinski definition) is 5. The normalized spacial score (nSPS) is 17.0. The van der Waals surface area contributed by atoms with Gasteiger partial charge in [0.2, 0.25) is 0 Å². The number of rotatable bonds is 5. The number of benzene rings is 1. The lowest BCUT2D eigenvalue weighted by Gasteiger charge is -2.32. The molecule has 0 saturated carbocycles. The zero-order chi connectivity index (χ0) is 15.4. The van der Waals surface area contributed by atoms with Crippen molar-refractivity contribution in [3.63, 3.8) is 0 Å². The lowest BCUT2D eigenvalue weighted by molar-refractivity contribution is 0.153. The lowest BCUT2D eigenvalue weighted by Crippen LogP contribution is -2.44. The Morgan fingerprint density at radius 2 is 1.91 bits per heavy atom. The van der Waals surface area contributed by atoms with E-state index in [-0.39, 0.29) is 0 Å². The van der Waals surface area contributed by atoms with Gasteiger partial charge in [-0.25, -0.2) is 0 Å². The van der Waals surface area contributed by atoms with Gasteiger partial charge in [-0.1, -0.05) is 23.4 Å². The van der Waals surface area contributed by atoms with Crippen LogP contribution in [0.3, 0.4) is 0 Å². The fraction of sp³-hybridized carbons (Fsp3) is 0.529. The van der Waals surface area contributed by atoms with Crippen molar-refractivity contribution in [2.24, 2.45) is 0 Å². The van der Waals surface area contributed by atoms with Gasteiger partial charge in [-0.3, -0.25) is 0 Å². The van der Waals surface area contributed by atoms with Crippen LogP contribution in [0.1, 0.15) is 17.8 Å². The Hall–Kier alpha value is -1.72. The molecule has 0 N–H and O–H groups in total. The van der Waals surface area contributed by atoms with Crippen LogP contribution in [0.5, 0.6) is 0 Å². The van der Waals surface area contributed by atoms with E-state index in [4.69, 9.17) is 4.52 Å². The summed E-state index contributed by atoms with van der Waals surface area (Å²) in [6.07, 6.45) is 2.21. The van der Waals surface area contributed by atoms with Crippen LogP contribution in [0.15, 0.2) is 28.8 Å². The minimum absolute atomic E-state index is 0.632. The fourth-order valence-electron chi connectivity index (χ4n) is 2.92. The largest absolute Gasteiger partial charge is 0.334 e. The van der Waals surface area contributed by atoms with E-state index in [0.717, 1.165) is 24.9 Å². The van der Waals surface area contributed by atoms with Crippen LogP contribution in [-0.4, -0.2) is 59.7 Å². The summed E-state index contributed by atoms with van der Waals surface area (Å²) in [7, 11) is 2.19. The predicted octanol–water partition coefficient (Wildman–Crippen LogP) is 2.23. The third kappa shape index (κ3) is 3.72. The average Bonchev–Trinajstić information content (AvgIpc) is 2.96. The minimum atomic E-state index is 0.632. The molecular weight excluding hydrogens is 276 g/mol. The number of hydrogen-bond donors (Lipinski definition) is 0. The maximum Gasteiger partial charge on any atom is 0.258 e. The van der Waals surface area contributed by atoms with Crippen LogP contribution in [0.2, 0.25) is 0 Å². The first-order valence-electron chi connectivity index (χ1n) is 8.02. The number of aromatic nitrogens is 2. The zero-order valence-corrected chi connectivity index (χ0v) is 13.5. The second kappa shape index (κ2) is 7.03. The molecule has 2 heterocycles. The highest BCUT2D eigenvalue weighted by atomic mass is 16.5. The molecule has 0 aliphatic carbocycles. The number of likely N-dealkylation sites (N-methyl/N-ethyl adjacent to an activating group) is 1. The second-order valence-electron chi connectivity index (χ2n) is 6.05. The van der Waals surface area contributed by atoms with Crippen LogP contribution >= 0.6 is 0 Å². The van der Waals surface area contributed by atoms with Gasteiger partial charge in [-0.15, -0.1) is 0 Å². The molecule has 5 nitrogen and oxygen atoms in total. The molecule has 118 valence electrons. The van der Waals surface area contributed by atoms with Gasteiger partial charge in [0.25, 0.3) is 5.89 Å². The molecule has 1 saturated heterocycles. The molecule has 2 aromatic rings. The van der Waals surface area contributed by atoms with E-state index in [9.17, 15) is 0 Å². The number of aryl methyl sites for hydroxylation is 2. The number of piperazine rings is 1. The Balaban J connectivity index is 1.59. The molecule has 0 unspecified atom stereocenters. The van der Waals surface area contributed by atoms with Gasteiger partial charge in [0, 0.05) is 31.7 Å². The van der Waals surface area contributed by atoms with Crippen molar-refractivity contribution in [1.82, 2.24) is 19.9 Å². The van der Waals surface area contributed by atoms with Crippen LogP contribution in [0, 0.1) is 6.92 Å². The molecule has 5 heteroatoms. The van der Waals surface area contributed by atoms with Crippen LogP contribution in [-0.2, 0) is 6.42 Å². The van der Waals surface area contributed by atoms with Gasteiger partial charge in [0.1, 0.15) is 0 Å². The minimum Gasteiger partial charge on any atom is -0.334 e. The van der Waals surface area contributed by atoms with Crippen LogP contribution < -0.4 is 0 Å². The number of nitrogens with zero attached hydrogens (tertiary/aromatic N) is 4. The van der Waals surface area contributed by atoms with Gasteiger partial charge in [-0.2, -0.15) is 4.98 Å². The summed E-state index contributed by atoms with van der Waals surface area (Å²) in [6.45, 7) is 7.73. The predicted molar refractivity (Wildman–Crippen MR) is 86.7 cm³/mol. The molecule has 1 aromatic heterocycles. The standard InChI is InChI=1S/C17H24N4O/c1-14-18-17(22-19-14)16-8-4-3-6-15(16)7-5-9-21-12-10-20(2)11-13-21/h3-4,6,8H,5,7,9-13H2,1-2H3. The van der Waals surface area contributed by atoms with Crippen molar-refractivity contribution in [1.29, 1.82) is 0 Å². The molecular formula is C17H24N4O. The quantitative estimate of drug-likeness (QED) is 0.847. The summed E-state index contributed by atoms with van der Waals surface area (Å²) < 4.78 is 5.32. The Labute approximate surface area is 131 Å². The molecule has 1 aliphatic heterocycles. The first-order valence-corrected chi connectivity index (χ1v) is 8.02. The molecule has 0 radical (unpaired) electrons. The maximum absolute atomic E-state index is 5.32. The molecule has 3 rings (SSSR count). The Morgan fingerprint density at radius 1 is 1.14 bits per heavy atom. The molecule has 1 fully saturated rings. The summed E-state index contributed by atoms with van der Waals surface area (Å²) in [5.41, 5.74) is 2.36. The van der Waals surface area contributed by atoms with Crippen molar-refractivity contribution in [3.8, 4) is 11.5 Å². The average molecular weight is 300 g/mol. The Morgan fingerprint density at radius 3 is 2.64 bits per heavy atom. The summed E-state index contributed by atoms with van der Waals surface area (Å²) in [5, 5.41) is 3.90. The third-order valence-corrected chi connectivity index (χ3v) is 4.29. The molecule has 0 bridgehead atoms. The molecule has 0 atom stereocenters. The molecule has 1 aliphatic rings. The molecule has 1 aromatic carbocycles. The van der Waals surface area contributed by atoms with E-state index in [1.54, 1.807) is 0 Å². The summed E-state index contributed by atoms with van der Waals surface area (Å²) >= 11 is 0. The van der Waals surface area contributed by atoms with E-state index in [2.05, 4.69) is 45.2 Å². The molecule has 22 heavy (non-hydrogen) atoms. The van der Waals surface area contributed by atoms with Gasteiger partial charge in [0.05, 0.1) is 0 Å². The van der Waals surface area contributed by atoms with Gasteiger partial charge in [-0.05, 0) is 45.0 Å². The highest BCUT2D eigenvalue weighted by Gasteiger charge is 2.14. The van der Waals surface area contributed by atoms with E-state index in [1.807, 2.05) is 13.0 Å². The van der Waals surface area contributed by atoms with E-state index in [0.29, 0.717) is 11.7 Å². The van der Waals surface area contributed by atoms with E-state index < -0.39 is 0 Å². The topological polar surface area (TPSA) is 45.4 Å². The van der Waals surface area contributed by atoms with Crippen molar-refractivity contribution < 1.29 is 4.52 Å². The SMILES string of the molecule is Cc1noc(-c2ccccc2CCCN2CCN(C)CC2)n1. The van der Waals surface area contributed by atoms with Crippen molar-refractivity contribution in [2.75, 3.05) is 39.8 Å². The summed E-state index contributed by atoms with van der Waals surface area (Å²) in [4.78, 5) is 9.30. The first kappa shape index (κ1) is 15.2. The molecule has 0 amide bonds. The van der Waals surface area contributed by atoms with Crippen molar-refractivity contribution in [2.45, 2.75) is 19.8 Å².